The second-order valence-corrected chi connectivity index (χ2v) is 8.78. The lowest BCUT2D eigenvalue weighted by atomic mass is 9.96. The lowest BCUT2D eigenvalue weighted by Crippen LogP contribution is -2.30. The number of hydrogen-bond acceptors (Lipinski definition) is 5. The molecule has 11 heteroatoms. The lowest BCUT2D eigenvalue weighted by molar-refractivity contribution is -0.140. The van der Waals surface area contributed by atoms with Crippen molar-refractivity contribution in [2.45, 2.75) is 41.1 Å². The van der Waals surface area contributed by atoms with Crippen molar-refractivity contribution in [2.24, 2.45) is 0 Å². The van der Waals surface area contributed by atoms with Gasteiger partial charge in [-0.3, -0.25) is 9.59 Å². The Balaban J connectivity index is 2.02. The van der Waals surface area contributed by atoms with Gasteiger partial charge in [0.15, 0.2) is 9.84 Å². The number of halogens is 3. The van der Waals surface area contributed by atoms with Gasteiger partial charge in [-0.25, -0.2) is 8.42 Å². The standard InChI is InChI=1S/C16H17F3N2O5S/c17-16(18,19)11-5-8(10-3-4-20-14(10)22)1-2-13(11)27(25,26)9-6-12(15(23)24)21-7-9/h1-2,5,9-10,12,21H,3-4,6-7H2,(H,20,22)(H,23,24)/t9-,10?,12+/m1/s1. The molecule has 3 rings (SSSR count). The number of alkyl halides is 3. The quantitative estimate of drug-likeness (QED) is 0.685. The SMILES string of the molecule is O=C1NCCC1c1ccc(S(=O)(=O)[C@H]2CN[C@H](C(=O)O)C2)c(C(F)(F)F)c1. The molecule has 0 spiro atoms. The Bertz CT molecular complexity index is 885. The van der Waals surface area contributed by atoms with E-state index in [9.17, 15) is 31.2 Å². The van der Waals surface area contributed by atoms with Crippen molar-refractivity contribution in [2.75, 3.05) is 13.1 Å². The molecule has 27 heavy (non-hydrogen) atoms. The second-order valence-electron chi connectivity index (χ2n) is 6.59. The number of aliphatic carboxylic acids is 1. The van der Waals surface area contributed by atoms with Gasteiger partial charge in [-0.2, -0.15) is 13.2 Å². The summed E-state index contributed by atoms with van der Waals surface area (Å²) in [7, 11) is -4.42. The van der Waals surface area contributed by atoms with Gasteiger partial charge in [0.25, 0.3) is 0 Å². The highest BCUT2D eigenvalue weighted by Gasteiger charge is 2.44. The summed E-state index contributed by atoms with van der Waals surface area (Å²) in [5, 5.41) is 12.7. The van der Waals surface area contributed by atoms with E-state index in [2.05, 4.69) is 10.6 Å². The van der Waals surface area contributed by atoms with E-state index in [1.54, 1.807) is 0 Å². The molecule has 1 unspecified atom stereocenters. The number of hydrogen-bond donors (Lipinski definition) is 3. The number of rotatable bonds is 4. The highest BCUT2D eigenvalue weighted by molar-refractivity contribution is 7.92. The summed E-state index contributed by atoms with van der Waals surface area (Å²) in [5.41, 5.74) is -1.23. The van der Waals surface area contributed by atoms with Crippen LogP contribution >= 0.6 is 0 Å². The van der Waals surface area contributed by atoms with Crippen LogP contribution in [0.1, 0.15) is 29.9 Å². The second kappa shape index (κ2) is 6.79. The zero-order valence-corrected chi connectivity index (χ0v) is 14.7. The van der Waals surface area contributed by atoms with Crippen LogP contribution in [0.2, 0.25) is 0 Å². The summed E-state index contributed by atoms with van der Waals surface area (Å²) >= 11 is 0. The molecule has 7 nitrogen and oxygen atoms in total. The molecule has 0 bridgehead atoms. The number of carboxylic acid groups (broad SMARTS) is 1. The van der Waals surface area contributed by atoms with Gasteiger partial charge in [0.05, 0.1) is 21.6 Å². The van der Waals surface area contributed by atoms with E-state index < -0.39 is 55.6 Å². The molecule has 2 fully saturated rings. The first-order valence-electron chi connectivity index (χ1n) is 8.20. The highest BCUT2D eigenvalue weighted by Crippen LogP contribution is 2.39. The maximum atomic E-state index is 13.6. The number of amides is 1. The van der Waals surface area contributed by atoms with Crippen molar-refractivity contribution in [1.82, 2.24) is 10.6 Å². The van der Waals surface area contributed by atoms with Crippen LogP contribution in [0.15, 0.2) is 23.1 Å². The van der Waals surface area contributed by atoms with Crippen molar-refractivity contribution >= 4 is 21.7 Å². The van der Waals surface area contributed by atoms with Crippen LogP contribution in [0.25, 0.3) is 0 Å². The first kappa shape index (κ1) is 19.6. The lowest BCUT2D eigenvalue weighted by Gasteiger charge is -2.19. The van der Waals surface area contributed by atoms with Crippen molar-refractivity contribution < 1.29 is 36.3 Å². The Morgan fingerprint density at radius 1 is 1.26 bits per heavy atom. The Morgan fingerprint density at radius 3 is 2.48 bits per heavy atom. The molecule has 0 aromatic heterocycles. The van der Waals surface area contributed by atoms with Crippen LogP contribution in [-0.2, 0) is 25.6 Å². The number of carbonyl (C=O) groups excluding carboxylic acids is 1. The average molecular weight is 406 g/mol. The highest BCUT2D eigenvalue weighted by atomic mass is 32.2. The van der Waals surface area contributed by atoms with E-state index >= 15 is 0 Å². The van der Waals surface area contributed by atoms with Crippen LogP contribution in [0.4, 0.5) is 13.2 Å². The van der Waals surface area contributed by atoms with E-state index in [-0.39, 0.29) is 18.5 Å². The largest absolute Gasteiger partial charge is 0.480 e. The molecule has 0 aliphatic carbocycles. The van der Waals surface area contributed by atoms with Gasteiger partial charge < -0.3 is 15.7 Å². The minimum absolute atomic E-state index is 0.101. The van der Waals surface area contributed by atoms with Crippen molar-refractivity contribution in [3.63, 3.8) is 0 Å². The first-order valence-corrected chi connectivity index (χ1v) is 9.75. The van der Waals surface area contributed by atoms with Gasteiger partial charge in [-0.15, -0.1) is 0 Å². The predicted molar refractivity (Wildman–Crippen MR) is 86.8 cm³/mol. The average Bonchev–Trinajstić information content (AvgIpc) is 3.22. The topological polar surface area (TPSA) is 113 Å². The third-order valence-electron chi connectivity index (χ3n) is 4.89. The Labute approximate surface area is 152 Å². The third-order valence-corrected chi connectivity index (χ3v) is 7.10. The molecular formula is C16H17F3N2O5S. The molecule has 1 aromatic rings. The van der Waals surface area contributed by atoms with Gasteiger partial charge in [0.2, 0.25) is 5.91 Å². The van der Waals surface area contributed by atoms with Gasteiger partial charge in [-0.05, 0) is 30.5 Å². The zero-order valence-electron chi connectivity index (χ0n) is 13.9. The third kappa shape index (κ3) is 3.65. The fraction of sp³-hybridized carbons (Fsp3) is 0.500. The van der Waals surface area contributed by atoms with Gasteiger partial charge in [-0.1, -0.05) is 6.07 Å². The molecule has 148 valence electrons. The Hall–Kier alpha value is -2.14. The molecule has 0 radical (unpaired) electrons. The maximum absolute atomic E-state index is 13.6. The summed E-state index contributed by atoms with van der Waals surface area (Å²) in [6, 6.07) is 1.67. The molecule has 3 atom stereocenters. The number of benzene rings is 1. The number of nitrogens with one attached hydrogen (secondary N) is 2. The maximum Gasteiger partial charge on any atom is 0.417 e. The summed E-state index contributed by atoms with van der Waals surface area (Å²) in [6.45, 7) is 0.0958. The molecule has 1 aromatic carbocycles. The zero-order chi connectivity index (χ0) is 20.0. The molecule has 2 heterocycles. The first-order chi connectivity index (χ1) is 12.5. The monoisotopic (exact) mass is 406 g/mol. The molecule has 1 amide bonds. The van der Waals surface area contributed by atoms with Crippen LogP contribution in [0, 0.1) is 0 Å². The van der Waals surface area contributed by atoms with Crippen molar-refractivity contribution in [3.05, 3.63) is 29.3 Å². The smallest absolute Gasteiger partial charge is 0.417 e. The molecule has 2 aliphatic rings. The molecular weight excluding hydrogens is 389 g/mol. The fourth-order valence-corrected chi connectivity index (χ4v) is 5.31. The van der Waals surface area contributed by atoms with Gasteiger partial charge in [0.1, 0.15) is 6.04 Å². The van der Waals surface area contributed by atoms with Crippen LogP contribution < -0.4 is 10.6 Å². The van der Waals surface area contributed by atoms with Crippen LogP contribution in [0.3, 0.4) is 0 Å². The van der Waals surface area contributed by atoms with Crippen molar-refractivity contribution in [1.29, 1.82) is 0 Å². The Kier molecular flexibility index (Phi) is 4.93. The minimum Gasteiger partial charge on any atom is -0.480 e. The molecule has 3 N–H and O–H groups in total. The summed E-state index contributed by atoms with van der Waals surface area (Å²) in [6.07, 6.45) is -4.93. The summed E-state index contributed by atoms with van der Waals surface area (Å²) in [4.78, 5) is 21.8. The van der Waals surface area contributed by atoms with E-state index in [0.717, 1.165) is 6.07 Å². The van der Waals surface area contributed by atoms with E-state index in [1.807, 2.05) is 0 Å². The van der Waals surface area contributed by atoms with Gasteiger partial charge in [0, 0.05) is 13.1 Å². The van der Waals surface area contributed by atoms with Crippen molar-refractivity contribution in [3.8, 4) is 0 Å². The van der Waals surface area contributed by atoms with Gasteiger partial charge >= 0.3 is 12.1 Å². The molecule has 0 saturated carbocycles. The predicted octanol–water partition coefficient (Wildman–Crippen LogP) is 0.898. The minimum atomic E-state index is -4.94. The van der Waals surface area contributed by atoms with E-state index in [1.165, 1.54) is 6.07 Å². The summed E-state index contributed by atoms with van der Waals surface area (Å²) in [5.74, 6) is -2.42. The van der Waals surface area contributed by atoms with E-state index in [0.29, 0.717) is 19.0 Å². The number of sulfone groups is 1. The number of carboxylic acids is 1. The normalized spacial score (nSPS) is 26.2. The molecule has 2 aliphatic heterocycles. The van der Waals surface area contributed by atoms with E-state index in [4.69, 9.17) is 5.11 Å². The molecule has 2 saturated heterocycles. The fourth-order valence-electron chi connectivity index (χ4n) is 3.45. The number of carbonyl (C=O) groups is 2. The van der Waals surface area contributed by atoms with Crippen LogP contribution in [-0.4, -0.2) is 49.8 Å². The Morgan fingerprint density at radius 2 is 1.96 bits per heavy atom. The van der Waals surface area contributed by atoms with Crippen LogP contribution in [0.5, 0.6) is 0 Å². The summed E-state index contributed by atoms with van der Waals surface area (Å²) < 4.78 is 66.2.